The van der Waals surface area contributed by atoms with Gasteiger partial charge in [-0.3, -0.25) is 0 Å². The molecular weight excluding hydrogens is 172 g/mol. The molecule has 0 spiro atoms. The highest BCUT2D eigenvalue weighted by Crippen LogP contribution is 2.28. The number of nitrogens with two attached hydrogens (primary N) is 1. The summed E-state index contributed by atoms with van der Waals surface area (Å²) in [6.45, 7) is 6.47. The van der Waals surface area contributed by atoms with E-state index in [1.165, 1.54) is 38.6 Å². The number of hydrogen-bond donors (Lipinski definition) is 2. The quantitative estimate of drug-likeness (QED) is 0.658. The Kier molecular flexibility index (Phi) is 5.49. The Morgan fingerprint density at radius 1 is 1.36 bits per heavy atom. The summed E-state index contributed by atoms with van der Waals surface area (Å²) in [6, 6.07) is 0.537. The van der Waals surface area contributed by atoms with Gasteiger partial charge in [-0.2, -0.15) is 0 Å². The van der Waals surface area contributed by atoms with Gasteiger partial charge in [0.05, 0.1) is 0 Å². The van der Waals surface area contributed by atoms with Crippen molar-refractivity contribution >= 4 is 0 Å². The Labute approximate surface area is 88.6 Å². The first-order valence-electron chi connectivity index (χ1n) is 6.15. The third-order valence-electron chi connectivity index (χ3n) is 3.25. The van der Waals surface area contributed by atoms with Crippen molar-refractivity contribution < 1.29 is 0 Å². The molecular formula is C12H26N2. The molecule has 0 aromatic rings. The predicted octanol–water partition coefficient (Wildman–Crippen LogP) is 2.14. The molecule has 1 rings (SSSR count). The molecule has 0 bridgehead atoms. The van der Waals surface area contributed by atoms with Crippen molar-refractivity contribution in [3.05, 3.63) is 0 Å². The van der Waals surface area contributed by atoms with Crippen molar-refractivity contribution in [1.82, 2.24) is 5.32 Å². The van der Waals surface area contributed by atoms with Gasteiger partial charge in [0.15, 0.2) is 0 Å². The highest BCUT2D eigenvalue weighted by Gasteiger charge is 2.17. The lowest BCUT2D eigenvalue weighted by atomic mass is 9.83. The van der Waals surface area contributed by atoms with E-state index in [-0.39, 0.29) is 0 Å². The van der Waals surface area contributed by atoms with Crippen molar-refractivity contribution in [2.45, 2.75) is 52.0 Å². The molecule has 0 radical (unpaired) electrons. The summed E-state index contributed by atoms with van der Waals surface area (Å²) in [5, 5.41) is 3.57. The molecule has 84 valence electrons. The van der Waals surface area contributed by atoms with E-state index < -0.39 is 0 Å². The molecule has 0 aliphatic heterocycles. The van der Waals surface area contributed by atoms with E-state index in [1.54, 1.807) is 0 Å². The van der Waals surface area contributed by atoms with E-state index in [0.29, 0.717) is 6.04 Å². The summed E-state index contributed by atoms with van der Waals surface area (Å²) in [5.74, 6) is 1.76. The standard InChI is InChI=1S/C12H26N2/c1-10(2)8-12(9-13)14-7-6-11-4-3-5-11/h10-12,14H,3-9,13H2,1-2H3. The van der Waals surface area contributed by atoms with Gasteiger partial charge in [0.1, 0.15) is 0 Å². The van der Waals surface area contributed by atoms with Crippen LogP contribution in [0.2, 0.25) is 0 Å². The Bertz CT molecular complexity index is 141. The number of nitrogens with one attached hydrogen (secondary N) is 1. The molecule has 0 saturated heterocycles. The highest BCUT2D eigenvalue weighted by atomic mass is 14.9. The molecule has 1 aliphatic carbocycles. The van der Waals surface area contributed by atoms with E-state index >= 15 is 0 Å². The molecule has 1 atom stereocenters. The zero-order valence-electron chi connectivity index (χ0n) is 9.76. The summed E-state index contributed by atoms with van der Waals surface area (Å²) in [7, 11) is 0. The van der Waals surface area contributed by atoms with Crippen molar-refractivity contribution in [1.29, 1.82) is 0 Å². The molecule has 14 heavy (non-hydrogen) atoms. The molecule has 2 heteroatoms. The minimum atomic E-state index is 0.537. The summed E-state index contributed by atoms with van der Waals surface area (Å²) in [4.78, 5) is 0. The van der Waals surface area contributed by atoms with Gasteiger partial charge in [-0.25, -0.2) is 0 Å². The predicted molar refractivity (Wildman–Crippen MR) is 62.3 cm³/mol. The molecule has 1 fully saturated rings. The second-order valence-corrected chi connectivity index (χ2v) is 5.10. The fourth-order valence-corrected chi connectivity index (χ4v) is 2.10. The van der Waals surface area contributed by atoms with Crippen molar-refractivity contribution in [2.75, 3.05) is 13.1 Å². The highest BCUT2D eigenvalue weighted by molar-refractivity contribution is 4.73. The van der Waals surface area contributed by atoms with E-state index in [9.17, 15) is 0 Å². The normalized spacial score (nSPS) is 19.7. The lowest BCUT2D eigenvalue weighted by molar-refractivity contribution is 0.284. The van der Waals surface area contributed by atoms with Gasteiger partial charge >= 0.3 is 0 Å². The zero-order chi connectivity index (χ0) is 10.4. The van der Waals surface area contributed by atoms with Crippen LogP contribution >= 0.6 is 0 Å². The third kappa shape index (κ3) is 4.43. The third-order valence-corrected chi connectivity index (χ3v) is 3.25. The first kappa shape index (κ1) is 12.0. The first-order chi connectivity index (χ1) is 6.72. The minimum absolute atomic E-state index is 0.537. The average Bonchev–Trinajstić information content (AvgIpc) is 2.06. The largest absolute Gasteiger partial charge is 0.329 e. The minimum Gasteiger partial charge on any atom is -0.329 e. The Morgan fingerprint density at radius 2 is 2.07 bits per heavy atom. The molecule has 0 amide bonds. The second kappa shape index (κ2) is 6.41. The van der Waals surface area contributed by atoms with Crippen molar-refractivity contribution in [3.63, 3.8) is 0 Å². The molecule has 1 saturated carbocycles. The molecule has 0 aromatic heterocycles. The van der Waals surface area contributed by atoms with Crippen LogP contribution < -0.4 is 11.1 Å². The van der Waals surface area contributed by atoms with Crippen LogP contribution in [-0.4, -0.2) is 19.1 Å². The molecule has 0 aromatic carbocycles. The van der Waals surface area contributed by atoms with E-state index in [4.69, 9.17) is 5.73 Å². The number of rotatable bonds is 7. The Hall–Kier alpha value is -0.0800. The van der Waals surface area contributed by atoms with E-state index in [1.807, 2.05) is 0 Å². The maximum absolute atomic E-state index is 5.72. The van der Waals surface area contributed by atoms with E-state index in [2.05, 4.69) is 19.2 Å². The maximum Gasteiger partial charge on any atom is 0.0192 e. The van der Waals surface area contributed by atoms with Gasteiger partial charge in [-0.15, -0.1) is 0 Å². The average molecular weight is 198 g/mol. The Balaban J connectivity index is 2.01. The SMILES string of the molecule is CC(C)CC(CN)NCCC1CCC1. The van der Waals surface area contributed by atoms with Gasteiger partial charge in [-0.1, -0.05) is 33.1 Å². The van der Waals surface area contributed by atoms with Crippen LogP contribution in [0, 0.1) is 11.8 Å². The van der Waals surface area contributed by atoms with E-state index in [0.717, 1.165) is 18.4 Å². The molecule has 0 heterocycles. The van der Waals surface area contributed by atoms with Crippen LogP contribution in [0.15, 0.2) is 0 Å². The van der Waals surface area contributed by atoms with Crippen molar-refractivity contribution in [3.8, 4) is 0 Å². The Morgan fingerprint density at radius 3 is 2.50 bits per heavy atom. The lowest BCUT2D eigenvalue weighted by Crippen LogP contribution is -2.38. The summed E-state index contributed by atoms with van der Waals surface area (Å²) >= 11 is 0. The monoisotopic (exact) mass is 198 g/mol. The fourth-order valence-electron chi connectivity index (χ4n) is 2.10. The zero-order valence-corrected chi connectivity index (χ0v) is 9.76. The van der Waals surface area contributed by atoms with Gasteiger partial charge in [-0.05, 0) is 31.2 Å². The van der Waals surface area contributed by atoms with Crippen LogP contribution in [0.1, 0.15) is 46.0 Å². The number of hydrogen-bond acceptors (Lipinski definition) is 2. The molecule has 3 N–H and O–H groups in total. The van der Waals surface area contributed by atoms with Crippen LogP contribution in [-0.2, 0) is 0 Å². The van der Waals surface area contributed by atoms with Gasteiger partial charge < -0.3 is 11.1 Å². The van der Waals surface area contributed by atoms with Gasteiger partial charge in [0.2, 0.25) is 0 Å². The topological polar surface area (TPSA) is 38.0 Å². The van der Waals surface area contributed by atoms with Gasteiger partial charge in [0, 0.05) is 12.6 Å². The van der Waals surface area contributed by atoms with Crippen LogP contribution in [0.4, 0.5) is 0 Å². The van der Waals surface area contributed by atoms with Crippen LogP contribution in [0.3, 0.4) is 0 Å². The summed E-state index contributed by atoms with van der Waals surface area (Å²) in [6.07, 6.45) is 6.94. The van der Waals surface area contributed by atoms with Crippen molar-refractivity contribution in [2.24, 2.45) is 17.6 Å². The second-order valence-electron chi connectivity index (χ2n) is 5.10. The maximum atomic E-state index is 5.72. The fraction of sp³-hybridized carbons (Fsp3) is 1.00. The smallest absolute Gasteiger partial charge is 0.0192 e. The molecule has 1 aliphatic rings. The van der Waals surface area contributed by atoms with Crippen LogP contribution in [0.25, 0.3) is 0 Å². The summed E-state index contributed by atoms with van der Waals surface area (Å²) < 4.78 is 0. The molecule has 1 unspecified atom stereocenters. The van der Waals surface area contributed by atoms with Crippen LogP contribution in [0.5, 0.6) is 0 Å². The summed E-state index contributed by atoms with van der Waals surface area (Å²) in [5.41, 5.74) is 5.72. The lowest BCUT2D eigenvalue weighted by Gasteiger charge is -2.26. The molecule has 2 nitrogen and oxygen atoms in total. The first-order valence-corrected chi connectivity index (χ1v) is 6.15. The van der Waals surface area contributed by atoms with Gasteiger partial charge in [0.25, 0.3) is 0 Å².